The molecule has 1 aliphatic rings. The second kappa shape index (κ2) is 9.58. The number of benzene rings is 1. The first kappa shape index (κ1) is 26.8. The number of methoxy groups -OCH3 is 2. The van der Waals surface area contributed by atoms with Gasteiger partial charge in [0.15, 0.2) is 0 Å². The van der Waals surface area contributed by atoms with Crippen LogP contribution in [0.15, 0.2) is 30.3 Å². The number of allylic oxidation sites excluding steroid dienone is 2. The highest BCUT2D eigenvalue weighted by atomic mass is 16.5. The minimum Gasteiger partial charge on any atom is -0.496 e. The third-order valence-corrected chi connectivity index (χ3v) is 9.32. The fraction of sp³-hybridized carbons (Fsp3) is 0.286. The van der Waals surface area contributed by atoms with Crippen LogP contribution in [-0.2, 0) is 0 Å². The van der Waals surface area contributed by atoms with Crippen LogP contribution in [0.1, 0.15) is 58.6 Å². The van der Waals surface area contributed by atoms with Gasteiger partial charge in [0.25, 0.3) is 0 Å². The smallest absolute Gasteiger partial charge is 0.130 e. The maximum atomic E-state index is 5.93. The van der Waals surface area contributed by atoms with Gasteiger partial charge in [0.1, 0.15) is 11.5 Å². The molecule has 0 atom stereocenters. The summed E-state index contributed by atoms with van der Waals surface area (Å²) in [6, 6.07) is 10.3. The Morgan fingerprint density at radius 3 is 1.51 bits per heavy atom. The van der Waals surface area contributed by atoms with Gasteiger partial charge >= 0.3 is 0 Å². The van der Waals surface area contributed by atoms with Gasteiger partial charge in [-0.1, -0.05) is 6.07 Å². The lowest BCUT2D eigenvalue weighted by Crippen LogP contribution is -1.96. The van der Waals surface area contributed by atoms with E-state index in [1.54, 1.807) is 14.2 Å². The third-order valence-electron chi connectivity index (χ3n) is 9.32. The summed E-state index contributed by atoms with van der Waals surface area (Å²) >= 11 is 0. The van der Waals surface area contributed by atoms with Crippen LogP contribution in [0.5, 0.6) is 11.5 Å². The molecule has 1 aromatic carbocycles. The lowest BCUT2D eigenvalue weighted by molar-refractivity contribution is 0.397. The van der Waals surface area contributed by atoms with Crippen molar-refractivity contribution in [1.29, 1.82) is 0 Å². The van der Waals surface area contributed by atoms with Crippen molar-refractivity contribution in [2.24, 2.45) is 0 Å². The van der Waals surface area contributed by atoms with E-state index >= 15 is 0 Å². The predicted molar refractivity (Wildman–Crippen MR) is 171 cm³/mol. The Balaban J connectivity index is 1.94. The monoisotopic (exact) mass is 546 g/mol. The fourth-order valence-corrected chi connectivity index (χ4v) is 6.10. The van der Waals surface area contributed by atoms with Gasteiger partial charge in [-0.15, -0.1) is 0 Å². The molecular weight excluding hydrogens is 508 g/mol. The summed E-state index contributed by atoms with van der Waals surface area (Å²) in [4.78, 5) is 16.6. The number of rotatable bonds is 3. The highest BCUT2D eigenvalue weighted by Crippen LogP contribution is 2.46. The number of H-pyrrole nitrogens is 3. The summed E-state index contributed by atoms with van der Waals surface area (Å²) in [6.07, 6.45) is 0. The summed E-state index contributed by atoms with van der Waals surface area (Å²) in [6.45, 7) is 17.4. The van der Waals surface area contributed by atoms with Gasteiger partial charge in [-0.3, -0.25) is 0 Å². The first-order valence-electron chi connectivity index (χ1n) is 14.1. The molecule has 0 unspecified atom stereocenters. The topological polar surface area (TPSA) is 78.7 Å². The van der Waals surface area contributed by atoms with Crippen molar-refractivity contribution in [2.45, 2.75) is 55.4 Å². The number of ether oxygens (including phenoxy) is 2. The molecule has 0 amide bonds. The molecule has 6 heteroatoms. The van der Waals surface area contributed by atoms with Crippen LogP contribution in [0.2, 0.25) is 0 Å². The van der Waals surface area contributed by atoms with E-state index in [9.17, 15) is 0 Å². The Bertz CT molecular complexity index is 2030. The molecule has 6 nitrogen and oxygen atoms in total. The molecule has 5 aromatic rings. The van der Waals surface area contributed by atoms with E-state index in [0.29, 0.717) is 0 Å². The van der Waals surface area contributed by atoms with Crippen molar-refractivity contribution in [1.82, 2.24) is 19.9 Å². The molecule has 5 heterocycles. The summed E-state index contributed by atoms with van der Waals surface area (Å²) in [7, 11) is 3.41. The maximum Gasteiger partial charge on any atom is 0.130 e. The largest absolute Gasteiger partial charge is 0.496 e. The summed E-state index contributed by atoms with van der Waals surface area (Å²) in [5.41, 5.74) is 19.8. The van der Waals surface area contributed by atoms with Gasteiger partial charge in [0, 0.05) is 22.1 Å². The minimum absolute atomic E-state index is 0.737. The van der Waals surface area contributed by atoms with Gasteiger partial charge in [0.05, 0.1) is 47.7 Å². The summed E-state index contributed by atoms with van der Waals surface area (Å²) < 4.78 is 11.9. The zero-order valence-corrected chi connectivity index (χ0v) is 25.7. The highest BCUT2D eigenvalue weighted by molar-refractivity contribution is 6.03. The van der Waals surface area contributed by atoms with Crippen molar-refractivity contribution < 1.29 is 9.47 Å². The van der Waals surface area contributed by atoms with Gasteiger partial charge < -0.3 is 24.4 Å². The van der Waals surface area contributed by atoms with Crippen LogP contribution >= 0.6 is 0 Å². The molecule has 3 N–H and O–H groups in total. The lowest BCUT2D eigenvalue weighted by Gasteiger charge is -2.15. The van der Waals surface area contributed by atoms with Gasteiger partial charge in [-0.25, -0.2) is 4.98 Å². The van der Waals surface area contributed by atoms with E-state index in [4.69, 9.17) is 14.5 Å². The standard InChI is InChI=1S/C35H38N4O2/c1-16-20(5)32-31(30-28(40-9)12-11-13-29(30)41-10)33-21(6)17(2)25(37-33)15-27-19(4)23(8)35(39-27)34-22(7)18(3)26(38-34)14-24(16)36-32/h11-15,36,38-39H,1-10H3. The normalized spacial score (nSPS) is 12.5. The molecule has 210 valence electrons. The van der Waals surface area contributed by atoms with E-state index in [-0.39, 0.29) is 0 Å². The van der Waals surface area contributed by atoms with Crippen molar-refractivity contribution in [3.8, 4) is 22.6 Å². The SMILES string of the molecule is COc1cccc(OC)c1-c1c2nc(cc3[nH]c(c(C)c3C)c3[nH]c(cc4[nH]c1c(C)c4C)c(C)c3C)C(C)=C2C. The molecule has 0 saturated carbocycles. The molecule has 0 aliphatic carbocycles. The second-order valence-electron chi connectivity index (χ2n) is 11.3. The Morgan fingerprint density at radius 1 is 0.537 bits per heavy atom. The molecule has 0 fully saturated rings. The molecule has 8 bridgehead atoms. The maximum absolute atomic E-state index is 5.93. The van der Waals surface area contributed by atoms with Gasteiger partial charge in [-0.2, -0.15) is 0 Å². The molecular formula is C35H38N4O2. The Morgan fingerprint density at radius 2 is 1.00 bits per heavy atom. The van der Waals surface area contributed by atoms with E-state index in [0.717, 1.165) is 83.8 Å². The molecule has 6 rings (SSSR count). The quantitative estimate of drug-likeness (QED) is 0.211. The number of fused-ring (bicyclic) bond motifs is 9. The zero-order valence-electron chi connectivity index (χ0n) is 25.7. The molecule has 41 heavy (non-hydrogen) atoms. The Kier molecular flexibility index (Phi) is 6.25. The molecule has 0 saturated heterocycles. The van der Waals surface area contributed by atoms with Crippen LogP contribution in [0, 0.1) is 41.5 Å². The first-order chi connectivity index (χ1) is 19.6. The van der Waals surface area contributed by atoms with Crippen LogP contribution in [-0.4, -0.2) is 34.2 Å². The number of hydrogen-bond acceptors (Lipinski definition) is 3. The number of nitrogens with zero attached hydrogens (tertiary/aromatic N) is 1. The number of aromatic amines is 3. The first-order valence-corrected chi connectivity index (χ1v) is 14.1. The zero-order chi connectivity index (χ0) is 29.3. The summed E-state index contributed by atoms with van der Waals surface area (Å²) in [5, 5.41) is 0. The van der Waals surface area contributed by atoms with Crippen LogP contribution in [0.25, 0.3) is 55.4 Å². The average Bonchev–Trinajstić information content (AvgIpc) is 3.61. The minimum atomic E-state index is 0.737. The number of nitrogens with one attached hydrogen (secondary N) is 3. The van der Waals surface area contributed by atoms with Crippen LogP contribution in [0.3, 0.4) is 0 Å². The Labute approximate surface area is 240 Å². The van der Waals surface area contributed by atoms with E-state index in [2.05, 4.69) is 82.5 Å². The predicted octanol–water partition coefficient (Wildman–Crippen LogP) is 9.01. The van der Waals surface area contributed by atoms with E-state index in [1.165, 1.54) is 27.8 Å². The van der Waals surface area contributed by atoms with Crippen molar-refractivity contribution >= 4 is 44.2 Å². The van der Waals surface area contributed by atoms with Crippen molar-refractivity contribution in [3.05, 3.63) is 75.1 Å². The number of hydrogen-bond donors (Lipinski definition) is 3. The Hall–Kier alpha value is -4.45. The molecule has 0 spiro atoms. The van der Waals surface area contributed by atoms with Gasteiger partial charge in [-0.05, 0) is 124 Å². The fourth-order valence-electron chi connectivity index (χ4n) is 6.10. The van der Waals surface area contributed by atoms with Crippen molar-refractivity contribution in [3.63, 3.8) is 0 Å². The van der Waals surface area contributed by atoms with E-state index in [1.807, 2.05) is 18.2 Å². The molecule has 0 radical (unpaired) electrons. The lowest BCUT2D eigenvalue weighted by atomic mass is 9.95. The number of aryl methyl sites for hydroxylation is 6. The summed E-state index contributed by atoms with van der Waals surface area (Å²) in [5.74, 6) is 1.47. The second-order valence-corrected chi connectivity index (χ2v) is 11.3. The molecule has 4 aromatic heterocycles. The van der Waals surface area contributed by atoms with Crippen molar-refractivity contribution in [2.75, 3.05) is 14.2 Å². The molecule has 1 aliphatic heterocycles. The third kappa shape index (κ3) is 3.88. The van der Waals surface area contributed by atoms with Gasteiger partial charge in [0.2, 0.25) is 0 Å². The number of aromatic nitrogens is 4. The van der Waals surface area contributed by atoms with Crippen LogP contribution < -0.4 is 9.47 Å². The van der Waals surface area contributed by atoms with Crippen LogP contribution in [0.4, 0.5) is 0 Å². The average molecular weight is 547 g/mol. The van der Waals surface area contributed by atoms with E-state index < -0.39 is 0 Å². The highest BCUT2D eigenvalue weighted by Gasteiger charge is 2.25.